The summed E-state index contributed by atoms with van der Waals surface area (Å²) in [6.45, 7) is 9.97. The third-order valence-corrected chi connectivity index (χ3v) is 7.12. The van der Waals surface area contributed by atoms with E-state index in [0.717, 1.165) is 11.3 Å². The van der Waals surface area contributed by atoms with Crippen molar-refractivity contribution in [3.8, 4) is 0 Å². The summed E-state index contributed by atoms with van der Waals surface area (Å²) in [5.41, 5.74) is 1.12. The number of hydrogen-bond acceptors (Lipinski definition) is 6. The number of hydrogen-bond donors (Lipinski definition) is 0. The fraction of sp³-hybridized carbons (Fsp3) is 0.636. The van der Waals surface area contributed by atoms with Gasteiger partial charge >= 0.3 is 5.97 Å². The van der Waals surface area contributed by atoms with Gasteiger partial charge in [0.2, 0.25) is 10.0 Å². The molecule has 9 heteroatoms. The smallest absolute Gasteiger partial charge is 0.310 e. The van der Waals surface area contributed by atoms with E-state index < -0.39 is 27.5 Å². The Hall–Kier alpha value is -1.64. The maximum Gasteiger partial charge on any atom is 0.310 e. The zero-order valence-corrected chi connectivity index (χ0v) is 20.5. The van der Waals surface area contributed by atoms with E-state index in [0.29, 0.717) is 37.6 Å². The average molecular weight is 473 g/mol. The number of benzene rings is 1. The van der Waals surface area contributed by atoms with E-state index in [4.69, 9.17) is 21.2 Å². The van der Waals surface area contributed by atoms with Crippen LogP contribution >= 0.6 is 11.6 Å². The quantitative estimate of drug-likeness (QED) is 0.417. The lowest BCUT2D eigenvalue weighted by Gasteiger charge is -2.30. The molecule has 31 heavy (non-hydrogen) atoms. The average Bonchev–Trinajstić information content (AvgIpc) is 2.66. The highest BCUT2D eigenvalue weighted by Gasteiger charge is 2.35. The second-order valence-electron chi connectivity index (χ2n) is 9.12. The summed E-state index contributed by atoms with van der Waals surface area (Å²) in [5.74, 6) is -1.57. The van der Waals surface area contributed by atoms with E-state index in [2.05, 4.69) is 5.16 Å². The maximum atomic E-state index is 12.9. The molecule has 1 saturated heterocycles. The molecule has 0 aliphatic carbocycles. The third kappa shape index (κ3) is 8.43. The van der Waals surface area contributed by atoms with Crippen LogP contribution in [0.1, 0.15) is 53.0 Å². The number of sulfonamides is 1. The molecule has 1 atom stereocenters. The van der Waals surface area contributed by atoms with Crippen molar-refractivity contribution < 1.29 is 22.8 Å². The zero-order chi connectivity index (χ0) is 23.2. The summed E-state index contributed by atoms with van der Waals surface area (Å²) in [6, 6.07) is 7.32. The van der Waals surface area contributed by atoms with Crippen LogP contribution in [0.3, 0.4) is 0 Å². The maximum absolute atomic E-state index is 12.9. The van der Waals surface area contributed by atoms with Gasteiger partial charge in [0.05, 0.1) is 17.4 Å². The van der Waals surface area contributed by atoms with Crippen LogP contribution in [0.15, 0.2) is 29.4 Å². The molecule has 0 N–H and O–H groups in total. The van der Waals surface area contributed by atoms with Crippen molar-refractivity contribution in [1.29, 1.82) is 0 Å². The molecule has 0 radical (unpaired) electrons. The van der Waals surface area contributed by atoms with Crippen molar-refractivity contribution in [1.82, 2.24) is 4.31 Å². The molecule has 0 aromatic heterocycles. The van der Waals surface area contributed by atoms with E-state index in [1.54, 1.807) is 32.9 Å². The molecule has 2 rings (SSSR count). The van der Waals surface area contributed by atoms with Gasteiger partial charge in [-0.05, 0) is 44.4 Å². The second-order valence-corrected chi connectivity index (χ2v) is 11.6. The van der Waals surface area contributed by atoms with E-state index in [1.165, 1.54) is 4.31 Å². The number of piperidine rings is 1. The summed E-state index contributed by atoms with van der Waals surface area (Å²) in [6.07, 6.45) is 0.997. The van der Waals surface area contributed by atoms with Gasteiger partial charge in [0.25, 0.3) is 0 Å². The van der Waals surface area contributed by atoms with Gasteiger partial charge in [-0.3, -0.25) is 4.79 Å². The number of ether oxygens (including phenoxy) is 1. The van der Waals surface area contributed by atoms with Gasteiger partial charge in [-0.25, -0.2) is 12.7 Å². The highest BCUT2D eigenvalue weighted by Crippen LogP contribution is 2.22. The van der Waals surface area contributed by atoms with Gasteiger partial charge in [-0.2, -0.15) is 0 Å². The molecule has 1 aromatic rings. The first-order valence-corrected chi connectivity index (χ1v) is 12.5. The minimum absolute atomic E-state index is 0.146. The Morgan fingerprint density at radius 1 is 1.16 bits per heavy atom. The molecule has 0 saturated carbocycles. The number of carbonyl (C=O) groups is 1. The predicted molar refractivity (Wildman–Crippen MR) is 122 cm³/mol. The molecular formula is C22H33ClN2O5S. The number of esters is 1. The van der Waals surface area contributed by atoms with Gasteiger partial charge < -0.3 is 9.57 Å². The molecule has 7 nitrogen and oxygen atoms in total. The minimum atomic E-state index is -3.59. The largest absolute Gasteiger partial charge is 0.460 e. The van der Waals surface area contributed by atoms with Crippen molar-refractivity contribution in [3.63, 3.8) is 0 Å². The van der Waals surface area contributed by atoms with Gasteiger partial charge in [-0.15, -0.1) is 0 Å². The normalized spacial score (nSPS) is 16.8. The van der Waals surface area contributed by atoms with Gasteiger partial charge in [-0.1, -0.05) is 42.7 Å². The monoisotopic (exact) mass is 472 g/mol. The second kappa shape index (κ2) is 10.8. The Labute approximate surface area is 190 Å². The molecule has 1 aliphatic rings. The number of oxime groups is 1. The standard InChI is InChI=1S/C22H33ClN2O5S/c1-16(2)20(21(26)30-22(3,4)5)15-31(27,28)25-12-10-19(11-13-25)24-29-14-17-6-8-18(23)9-7-17/h6-9,16,20H,10-15H2,1-5H3. The number of rotatable bonds is 8. The fourth-order valence-electron chi connectivity index (χ4n) is 3.13. The first-order valence-electron chi connectivity index (χ1n) is 10.5. The Balaban J connectivity index is 1.90. The van der Waals surface area contributed by atoms with Gasteiger partial charge in [0, 0.05) is 31.0 Å². The van der Waals surface area contributed by atoms with Crippen molar-refractivity contribution in [2.75, 3.05) is 18.8 Å². The molecule has 1 aliphatic heterocycles. The fourth-order valence-corrected chi connectivity index (χ4v) is 5.19. The molecule has 0 bridgehead atoms. The summed E-state index contributed by atoms with van der Waals surface area (Å²) in [4.78, 5) is 17.9. The van der Waals surface area contributed by atoms with Crippen LogP contribution in [0.4, 0.5) is 0 Å². The predicted octanol–water partition coefficient (Wildman–Crippen LogP) is 4.25. The van der Waals surface area contributed by atoms with Crippen LogP contribution in [-0.4, -0.2) is 48.8 Å². The topological polar surface area (TPSA) is 85.3 Å². The molecule has 1 unspecified atom stereocenters. The number of halogens is 1. The Bertz CT molecular complexity index is 866. The lowest BCUT2D eigenvalue weighted by Crippen LogP contribution is -2.44. The molecule has 0 spiro atoms. The number of carbonyl (C=O) groups excluding carboxylic acids is 1. The lowest BCUT2D eigenvalue weighted by atomic mass is 9.98. The first kappa shape index (κ1) is 25.6. The van der Waals surface area contributed by atoms with Crippen LogP contribution < -0.4 is 0 Å². The third-order valence-electron chi connectivity index (χ3n) is 4.94. The molecule has 1 heterocycles. The Kier molecular flexibility index (Phi) is 8.92. The highest BCUT2D eigenvalue weighted by molar-refractivity contribution is 7.89. The molecule has 0 amide bonds. The minimum Gasteiger partial charge on any atom is -0.460 e. The van der Waals surface area contributed by atoms with Crippen LogP contribution in [0, 0.1) is 11.8 Å². The van der Waals surface area contributed by atoms with E-state index in [1.807, 2.05) is 26.0 Å². The van der Waals surface area contributed by atoms with Crippen molar-refractivity contribution in [3.05, 3.63) is 34.9 Å². The van der Waals surface area contributed by atoms with Crippen LogP contribution in [0.2, 0.25) is 5.02 Å². The number of nitrogens with zero attached hydrogens (tertiary/aromatic N) is 2. The first-order chi connectivity index (χ1) is 14.4. The zero-order valence-electron chi connectivity index (χ0n) is 18.9. The van der Waals surface area contributed by atoms with E-state index in [9.17, 15) is 13.2 Å². The van der Waals surface area contributed by atoms with Crippen LogP contribution in [0.25, 0.3) is 0 Å². The summed E-state index contributed by atoms with van der Waals surface area (Å²) in [7, 11) is -3.59. The SMILES string of the molecule is CC(C)C(CS(=O)(=O)N1CCC(=NOCc2ccc(Cl)cc2)CC1)C(=O)OC(C)(C)C. The van der Waals surface area contributed by atoms with Crippen molar-refractivity contribution in [2.24, 2.45) is 17.0 Å². The van der Waals surface area contributed by atoms with Gasteiger partial charge in [0.1, 0.15) is 12.2 Å². The van der Waals surface area contributed by atoms with Crippen LogP contribution in [0.5, 0.6) is 0 Å². The molecular weight excluding hydrogens is 440 g/mol. The molecule has 1 aromatic carbocycles. The summed E-state index contributed by atoms with van der Waals surface area (Å²) in [5, 5.41) is 4.83. The van der Waals surface area contributed by atoms with E-state index >= 15 is 0 Å². The Morgan fingerprint density at radius 2 is 1.74 bits per heavy atom. The molecule has 1 fully saturated rings. The van der Waals surface area contributed by atoms with Gasteiger partial charge in [0.15, 0.2) is 0 Å². The Morgan fingerprint density at radius 3 is 2.26 bits per heavy atom. The highest BCUT2D eigenvalue weighted by atomic mass is 35.5. The van der Waals surface area contributed by atoms with Crippen LogP contribution in [-0.2, 0) is 31.0 Å². The summed E-state index contributed by atoms with van der Waals surface area (Å²) >= 11 is 5.86. The molecule has 174 valence electrons. The summed E-state index contributed by atoms with van der Waals surface area (Å²) < 4.78 is 32.7. The van der Waals surface area contributed by atoms with Crippen molar-refractivity contribution in [2.45, 2.75) is 59.7 Å². The lowest BCUT2D eigenvalue weighted by molar-refractivity contribution is -0.160. The van der Waals surface area contributed by atoms with E-state index in [-0.39, 0.29) is 11.7 Å². The van der Waals surface area contributed by atoms with Crippen molar-refractivity contribution >= 4 is 33.3 Å².